The van der Waals surface area contributed by atoms with Crippen LogP contribution in [0.4, 0.5) is 0 Å². The minimum Gasteiger partial charge on any atom is -0.353 e. The number of rotatable bonds is 4. The first-order valence-corrected chi connectivity index (χ1v) is 7.49. The SMILES string of the molecule is CC(C)(C)NC(=O)CCN=C(NN)NC1CCCCC1. The molecule has 0 radical (unpaired) electrons. The highest BCUT2D eigenvalue weighted by atomic mass is 16.1. The fourth-order valence-corrected chi connectivity index (χ4v) is 2.32. The van der Waals surface area contributed by atoms with Gasteiger partial charge in [-0.25, -0.2) is 5.84 Å². The monoisotopic (exact) mass is 283 g/mol. The van der Waals surface area contributed by atoms with Crippen LogP contribution in [-0.4, -0.2) is 30.0 Å². The average Bonchev–Trinajstić information content (AvgIpc) is 2.36. The van der Waals surface area contributed by atoms with E-state index in [-0.39, 0.29) is 11.4 Å². The first-order valence-electron chi connectivity index (χ1n) is 7.49. The number of carbonyl (C=O) groups excluding carboxylic acids is 1. The van der Waals surface area contributed by atoms with Crippen LogP contribution < -0.4 is 21.9 Å². The zero-order valence-electron chi connectivity index (χ0n) is 13.0. The highest BCUT2D eigenvalue weighted by Crippen LogP contribution is 2.17. The maximum absolute atomic E-state index is 11.7. The summed E-state index contributed by atoms with van der Waals surface area (Å²) >= 11 is 0. The Morgan fingerprint density at radius 2 is 1.90 bits per heavy atom. The smallest absolute Gasteiger partial charge is 0.222 e. The fourth-order valence-electron chi connectivity index (χ4n) is 2.32. The van der Waals surface area contributed by atoms with E-state index >= 15 is 0 Å². The van der Waals surface area contributed by atoms with E-state index in [0.29, 0.717) is 25.0 Å². The molecule has 0 saturated heterocycles. The van der Waals surface area contributed by atoms with E-state index in [4.69, 9.17) is 5.84 Å². The van der Waals surface area contributed by atoms with E-state index < -0.39 is 0 Å². The number of nitrogens with two attached hydrogens (primary N) is 1. The van der Waals surface area contributed by atoms with Gasteiger partial charge >= 0.3 is 0 Å². The lowest BCUT2D eigenvalue weighted by Crippen LogP contribution is -2.47. The summed E-state index contributed by atoms with van der Waals surface area (Å²) in [4.78, 5) is 16.0. The molecular formula is C14H29N5O. The van der Waals surface area contributed by atoms with Crippen molar-refractivity contribution in [3.05, 3.63) is 0 Å². The maximum atomic E-state index is 11.7. The third-order valence-electron chi connectivity index (χ3n) is 3.21. The Bertz CT molecular complexity index is 329. The Morgan fingerprint density at radius 3 is 2.45 bits per heavy atom. The molecule has 0 spiro atoms. The molecule has 0 aromatic heterocycles. The molecule has 0 heterocycles. The van der Waals surface area contributed by atoms with Crippen molar-refractivity contribution in [2.24, 2.45) is 10.8 Å². The topological polar surface area (TPSA) is 91.5 Å². The van der Waals surface area contributed by atoms with Crippen molar-refractivity contribution in [2.45, 2.75) is 70.9 Å². The molecule has 6 nitrogen and oxygen atoms in total. The third kappa shape index (κ3) is 7.33. The van der Waals surface area contributed by atoms with Gasteiger partial charge in [0.1, 0.15) is 0 Å². The van der Waals surface area contributed by atoms with Crippen LogP contribution in [0.25, 0.3) is 0 Å². The van der Waals surface area contributed by atoms with Gasteiger partial charge in [-0.2, -0.15) is 0 Å². The minimum atomic E-state index is -0.198. The second kappa shape index (κ2) is 8.09. The van der Waals surface area contributed by atoms with Crippen molar-refractivity contribution in [2.75, 3.05) is 6.54 Å². The van der Waals surface area contributed by atoms with Gasteiger partial charge in [-0.1, -0.05) is 19.3 Å². The number of hydrazine groups is 1. The predicted molar refractivity (Wildman–Crippen MR) is 82.1 cm³/mol. The number of carbonyl (C=O) groups is 1. The van der Waals surface area contributed by atoms with Crippen molar-refractivity contribution in [3.63, 3.8) is 0 Å². The van der Waals surface area contributed by atoms with E-state index in [1.807, 2.05) is 20.8 Å². The van der Waals surface area contributed by atoms with Gasteiger partial charge in [0.25, 0.3) is 0 Å². The molecule has 1 rings (SSSR count). The second-order valence-electron chi connectivity index (χ2n) is 6.40. The molecule has 20 heavy (non-hydrogen) atoms. The quantitative estimate of drug-likeness (QED) is 0.268. The zero-order valence-corrected chi connectivity index (χ0v) is 13.0. The van der Waals surface area contributed by atoms with Crippen molar-refractivity contribution in [3.8, 4) is 0 Å². The van der Waals surface area contributed by atoms with Gasteiger partial charge in [-0.05, 0) is 33.6 Å². The summed E-state index contributed by atoms with van der Waals surface area (Å²) < 4.78 is 0. The molecule has 6 heteroatoms. The lowest BCUT2D eigenvalue weighted by atomic mass is 9.96. The van der Waals surface area contributed by atoms with Crippen LogP contribution in [0.2, 0.25) is 0 Å². The molecule has 0 atom stereocenters. The van der Waals surface area contributed by atoms with Crippen molar-refractivity contribution < 1.29 is 4.79 Å². The van der Waals surface area contributed by atoms with Crippen LogP contribution in [0, 0.1) is 0 Å². The van der Waals surface area contributed by atoms with Crippen LogP contribution in [0.5, 0.6) is 0 Å². The van der Waals surface area contributed by atoms with E-state index in [2.05, 4.69) is 21.1 Å². The molecule has 1 fully saturated rings. The van der Waals surface area contributed by atoms with Crippen LogP contribution in [-0.2, 0) is 4.79 Å². The molecule has 1 aliphatic carbocycles. The number of hydrogen-bond donors (Lipinski definition) is 4. The summed E-state index contributed by atoms with van der Waals surface area (Å²) in [5, 5.41) is 6.22. The van der Waals surface area contributed by atoms with Crippen LogP contribution in [0.1, 0.15) is 59.3 Å². The summed E-state index contributed by atoms with van der Waals surface area (Å²) in [6.07, 6.45) is 6.51. The van der Waals surface area contributed by atoms with Crippen LogP contribution in [0.15, 0.2) is 4.99 Å². The van der Waals surface area contributed by atoms with E-state index in [0.717, 1.165) is 12.8 Å². The number of nitrogens with one attached hydrogen (secondary N) is 3. The van der Waals surface area contributed by atoms with Crippen molar-refractivity contribution >= 4 is 11.9 Å². The molecule has 0 aromatic rings. The molecule has 0 unspecified atom stereocenters. The molecule has 1 aliphatic rings. The largest absolute Gasteiger partial charge is 0.353 e. The van der Waals surface area contributed by atoms with E-state index in [9.17, 15) is 4.79 Å². The summed E-state index contributed by atoms with van der Waals surface area (Å²) in [6.45, 7) is 6.32. The van der Waals surface area contributed by atoms with Gasteiger partial charge in [-0.3, -0.25) is 15.2 Å². The average molecular weight is 283 g/mol. The molecule has 116 valence electrons. The lowest BCUT2D eigenvalue weighted by molar-refractivity contribution is -0.122. The predicted octanol–water partition coefficient (Wildman–Crippen LogP) is 1.03. The highest BCUT2D eigenvalue weighted by molar-refractivity contribution is 5.80. The first-order chi connectivity index (χ1) is 9.40. The van der Waals surface area contributed by atoms with Crippen LogP contribution >= 0.6 is 0 Å². The molecular weight excluding hydrogens is 254 g/mol. The Kier molecular flexibility index (Phi) is 6.78. The number of hydrogen-bond acceptors (Lipinski definition) is 3. The molecule has 5 N–H and O–H groups in total. The zero-order chi connectivity index (χ0) is 15.0. The number of aliphatic imine (C=N–C) groups is 1. The summed E-state index contributed by atoms with van der Waals surface area (Å²) in [7, 11) is 0. The van der Waals surface area contributed by atoms with Crippen molar-refractivity contribution in [1.29, 1.82) is 0 Å². The summed E-state index contributed by atoms with van der Waals surface area (Å²) in [5.41, 5.74) is 2.38. The van der Waals surface area contributed by atoms with Crippen LogP contribution in [0.3, 0.4) is 0 Å². The van der Waals surface area contributed by atoms with E-state index in [1.165, 1.54) is 19.3 Å². The Morgan fingerprint density at radius 1 is 1.25 bits per heavy atom. The normalized spacial score (nSPS) is 17.7. The maximum Gasteiger partial charge on any atom is 0.222 e. The molecule has 0 aliphatic heterocycles. The Balaban J connectivity index is 2.31. The number of nitrogens with zero attached hydrogens (tertiary/aromatic N) is 1. The number of amides is 1. The lowest BCUT2D eigenvalue weighted by Gasteiger charge is -2.24. The standard InChI is InChI=1S/C14H29N5O/c1-14(2,3)18-12(20)9-10-16-13(19-15)17-11-7-5-4-6-8-11/h11H,4-10,15H2,1-3H3,(H,18,20)(H2,16,17,19). The highest BCUT2D eigenvalue weighted by Gasteiger charge is 2.15. The number of guanidine groups is 1. The Hall–Kier alpha value is -1.30. The van der Waals surface area contributed by atoms with Crippen molar-refractivity contribution in [1.82, 2.24) is 16.1 Å². The molecule has 1 amide bonds. The van der Waals surface area contributed by atoms with E-state index in [1.54, 1.807) is 0 Å². The fraction of sp³-hybridized carbons (Fsp3) is 0.857. The molecule has 0 aromatic carbocycles. The van der Waals surface area contributed by atoms with Gasteiger partial charge in [0, 0.05) is 18.0 Å². The first kappa shape index (κ1) is 16.8. The van der Waals surface area contributed by atoms with Gasteiger partial charge in [0.2, 0.25) is 11.9 Å². The minimum absolute atomic E-state index is 0.00953. The Labute approximate surface area is 121 Å². The third-order valence-corrected chi connectivity index (χ3v) is 3.21. The second-order valence-corrected chi connectivity index (χ2v) is 6.40. The van der Waals surface area contributed by atoms with Gasteiger partial charge in [0.15, 0.2) is 0 Å². The van der Waals surface area contributed by atoms with Gasteiger partial charge in [-0.15, -0.1) is 0 Å². The molecule has 1 saturated carbocycles. The van der Waals surface area contributed by atoms with Gasteiger partial charge in [0.05, 0.1) is 6.54 Å². The summed E-state index contributed by atoms with van der Waals surface area (Å²) in [5.74, 6) is 6.06. The summed E-state index contributed by atoms with van der Waals surface area (Å²) in [6, 6.07) is 0.446. The molecule has 0 bridgehead atoms. The van der Waals surface area contributed by atoms with Gasteiger partial charge < -0.3 is 10.6 Å².